The molecular weight excluding hydrogens is 230 g/mol. The van der Waals surface area contributed by atoms with E-state index in [4.69, 9.17) is 5.73 Å². The van der Waals surface area contributed by atoms with Crippen LogP contribution in [0.5, 0.6) is 0 Å². The van der Waals surface area contributed by atoms with Crippen LogP contribution in [0.4, 0.5) is 0 Å². The number of nitrogens with two attached hydrogens (primary N) is 1. The van der Waals surface area contributed by atoms with Gasteiger partial charge in [0.05, 0.1) is 6.20 Å². The third kappa shape index (κ3) is 3.68. The molecule has 0 aromatic carbocycles. The van der Waals surface area contributed by atoms with Gasteiger partial charge in [0.25, 0.3) is 0 Å². The van der Waals surface area contributed by atoms with Crippen molar-refractivity contribution < 1.29 is 0 Å². The molecule has 1 fully saturated rings. The molecule has 1 aromatic rings. The zero-order chi connectivity index (χ0) is 12.1. The third-order valence-electron chi connectivity index (χ3n) is 3.46. The van der Waals surface area contributed by atoms with E-state index in [0.717, 1.165) is 17.4 Å². The van der Waals surface area contributed by atoms with E-state index < -0.39 is 0 Å². The van der Waals surface area contributed by atoms with Gasteiger partial charge >= 0.3 is 0 Å². The van der Waals surface area contributed by atoms with Crippen molar-refractivity contribution in [2.24, 2.45) is 11.7 Å². The number of hydrogen-bond acceptors (Lipinski definition) is 4. The van der Waals surface area contributed by atoms with Crippen molar-refractivity contribution in [3.05, 3.63) is 18.6 Å². The summed E-state index contributed by atoms with van der Waals surface area (Å²) in [6, 6.07) is 0.315. The van der Waals surface area contributed by atoms with E-state index in [9.17, 15) is 0 Å². The maximum Gasteiger partial charge on any atom is 0.115 e. The van der Waals surface area contributed by atoms with Gasteiger partial charge in [-0.3, -0.25) is 4.98 Å². The minimum absolute atomic E-state index is 0.315. The molecule has 0 aliphatic heterocycles. The van der Waals surface area contributed by atoms with E-state index in [1.54, 1.807) is 24.2 Å². The Morgan fingerprint density at radius 3 is 3.00 bits per heavy atom. The Balaban J connectivity index is 1.94. The first-order chi connectivity index (χ1) is 8.29. The van der Waals surface area contributed by atoms with Crippen LogP contribution in [-0.2, 0) is 0 Å². The van der Waals surface area contributed by atoms with Gasteiger partial charge in [-0.05, 0) is 25.2 Å². The summed E-state index contributed by atoms with van der Waals surface area (Å²) < 4.78 is 0. The molecule has 2 N–H and O–H groups in total. The van der Waals surface area contributed by atoms with Crippen LogP contribution in [0.1, 0.15) is 39.0 Å². The van der Waals surface area contributed by atoms with Gasteiger partial charge in [-0.1, -0.05) is 31.5 Å². The Morgan fingerprint density at radius 1 is 1.41 bits per heavy atom. The molecule has 1 heterocycles. The monoisotopic (exact) mass is 251 g/mol. The summed E-state index contributed by atoms with van der Waals surface area (Å²) in [6.07, 6.45) is 11.6. The standard InChI is InChI=1S/C13H21N3S/c1-2-3-10-4-5-11(14)12(8-10)17-13-9-15-6-7-16-13/h6-7,9-12H,2-5,8,14H2,1H3. The van der Waals surface area contributed by atoms with Gasteiger partial charge in [-0.2, -0.15) is 0 Å². The van der Waals surface area contributed by atoms with Crippen molar-refractivity contribution in [3.8, 4) is 0 Å². The summed E-state index contributed by atoms with van der Waals surface area (Å²) in [5.74, 6) is 0.856. The maximum atomic E-state index is 6.22. The van der Waals surface area contributed by atoms with Gasteiger partial charge in [0.2, 0.25) is 0 Å². The zero-order valence-electron chi connectivity index (χ0n) is 10.4. The Labute approximate surface area is 108 Å². The van der Waals surface area contributed by atoms with E-state index in [1.165, 1.54) is 25.7 Å². The lowest BCUT2D eigenvalue weighted by Gasteiger charge is -2.33. The molecule has 1 aromatic heterocycles. The first-order valence-corrected chi connectivity index (χ1v) is 7.35. The lowest BCUT2D eigenvalue weighted by Crippen LogP contribution is -2.38. The summed E-state index contributed by atoms with van der Waals surface area (Å²) in [6.45, 7) is 2.26. The molecule has 0 bridgehead atoms. The quantitative estimate of drug-likeness (QED) is 0.894. The predicted molar refractivity (Wildman–Crippen MR) is 71.9 cm³/mol. The van der Waals surface area contributed by atoms with Crippen molar-refractivity contribution in [1.29, 1.82) is 0 Å². The van der Waals surface area contributed by atoms with Gasteiger partial charge < -0.3 is 5.73 Å². The first-order valence-electron chi connectivity index (χ1n) is 6.48. The second-order valence-corrected chi connectivity index (χ2v) is 6.09. The lowest BCUT2D eigenvalue weighted by atomic mass is 9.83. The molecule has 1 aliphatic carbocycles. The molecular formula is C13H21N3S. The average molecular weight is 251 g/mol. The molecule has 94 valence electrons. The number of aromatic nitrogens is 2. The van der Waals surface area contributed by atoms with Crippen LogP contribution in [0.2, 0.25) is 0 Å². The van der Waals surface area contributed by atoms with Crippen LogP contribution >= 0.6 is 11.8 Å². The highest BCUT2D eigenvalue weighted by molar-refractivity contribution is 7.99. The first kappa shape index (κ1) is 12.8. The van der Waals surface area contributed by atoms with Crippen LogP contribution in [-0.4, -0.2) is 21.3 Å². The summed E-state index contributed by atoms with van der Waals surface area (Å²) in [5.41, 5.74) is 6.22. The molecule has 3 atom stereocenters. The minimum atomic E-state index is 0.315. The van der Waals surface area contributed by atoms with Crippen LogP contribution < -0.4 is 5.73 Å². The minimum Gasteiger partial charge on any atom is -0.327 e. The lowest BCUT2D eigenvalue weighted by molar-refractivity contribution is 0.316. The number of rotatable bonds is 4. The van der Waals surface area contributed by atoms with Crippen molar-refractivity contribution in [2.75, 3.05) is 0 Å². The van der Waals surface area contributed by atoms with Crippen LogP contribution in [0.15, 0.2) is 23.6 Å². The molecule has 3 unspecified atom stereocenters. The molecule has 1 saturated carbocycles. The molecule has 0 saturated heterocycles. The van der Waals surface area contributed by atoms with Crippen LogP contribution in [0.3, 0.4) is 0 Å². The van der Waals surface area contributed by atoms with Crippen molar-refractivity contribution >= 4 is 11.8 Å². The van der Waals surface area contributed by atoms with E-state index in [1.807, 2.05) is 6.20 Å². The van der Waals surface area contributed by atoms with E-state index in [-0.39, 0.29) is 0 Å². The SMILES string of the molecule is CCCC1CCC(N)C(Sc2cnccn2)C1. The average Bonchev–Trinajstić information content (AvgIpc) is 2.35. The molecule has 0 radical (unpaired) electrons. The normalized spacial score (nSPS) is 29.2. The fourth-order valence-electron chi connectivity index (χ4n) is 2.54. The molecule has 2 rings (SSSR count). The maximum absolute atomic E-state index is 6.22. The summed E-state index contributed by atoms with van der Waals surface area (Å²) >= 11 is 1.80. The fraction of sp³-hybridized carbons (Fsp3) is 0.692. The second-order valence-electron chi connectivity index (χ2n) is 4.83. The molecule has 3 nitrogen and oxygen atoms in total. The zero-order valence-corrected chi connectivity index (χ0v) is 11.2. The van der Waals surface area contributed by atoms with E-state index in [0.29, 0.717) is 11.3 Å². The number of thioether (sulfide) groups is 1. The van der Waals surface area contributed by atoms with Crippen molar-refractivity contribution in [1.82, 2.24) is 9.97 Å². The van der Waals surface area contributed by atoms with Crippen LogP contribution in [0, 0.1) is 5.92 Å². The van der Waals surface area contributed by atoms with Gasteiger partial charge in [-0.15, -0.1) is 0 Å². The Bertz CT molecular complexity index is 331. The molecule has 17 heavy (non-hydrogen) atoms. The Morgan fingerprint density at radius 2 is 2.29 bits per heavy atom. The highest BCUT2D eigenvalue weighted by Crippen LogP contribution is 2.36. The van der Waals surface area contributed by atoms with E-state index in [2.05, 4.69) is 16.9 Å². The summed E-state index contributed by atoms with van der Waals surface area (Å²) in [5, 5.41) is 1.52. The highest BCUT2D eigenvalue weighted by atomic mass is 32.2. The van der Waals surface area contributed by atoms with Gasteiger partial charge in [-0.25, -0.2) is 4.98 Å². The second kappa shape index (κ2) is 6.36. The smallest absolute Gasteiger partial charge is 0.115 e. The topological polar surface area (TPSA) is 51.8 Å². The van der Waals surface area contributed by atoms with Gasteiger partial charge in [0.1, 0.15) is 5.03 Å². The molecule has 1 aliphatic rings. The predicted octanol–water partition coefficient (Wildman–Crippen LogP) is 2.86. The number of nitrogens with zero attached hydrogens (tertiary/aromatic N) is 2. The van der Waals surface area contributed by atoms with E-state index >= 15 is 0 Å². The van der Waals surface area contributed by atoms with Gasteiger partial charge in [0, 0.05) is 23.7 Å². The third-order valence-corrected chi connectivity index (χ3v) is 4.76. The van der Waals surface area contributed by atoms with Crippen molar-refractivity contribution in [2.45, 2.75) is 55.3 Å². The van der Waals surface area contributed by atoms with Gasteiger partial charge in [0.15, 0.2) is 0 Å². The fourth-order valence-corrected chi connectivity index (χ4v) is 3.78. The largest absolute Gasteiger partial charge is 0.327 e. The summed E-state index contributed by atoms with van der Waals surface area (Å²) in [7, 11) is 0. The summed E-state index contributed by atoms with van der Waals surface area (Å²) in [4.78, 5) is 8.43. The number of hydrogen-bond donors (Lipinski definition) is 1. The molecule has 0 amide bonds. The van der Waals surface area contributed by atoms with Crippen LogP contribution in [0.25, 0.3) is 0 Å². The molecule has 4 heteroatoms. The Kier molecular flexibility index (Phi) is 4.80. The van der Waals surface area contributed by atoms with Crippen molar-refractivity contribution in [3.63, 3.8) is 0 Å². The highest BCUT2D eigenvalue weighted by Gasteiger charge is 2.28. The Hall–Kier alpha value is -0.610. The molecule has 0 spiro atoms.